The van der Waals surface area contributed by atoms with Gasteiger partial charge in [0.05, 0.1) is 44.1 Å². The number of furan rings is 1. The van der Waals surface area contributed by atoms with Crippen LogP contribution in [0.2, 0.25) is 0 Å². The summed E-state index contributed by atoms with van der Waals surface area (Å²) < 4.78 is 65.5. The van der Waals surface area contributed by atoms with Crippen molar-refractivity contribution in [1.29, 1.82) is 0 Å². The van der Waals surface area contributed by atoms with E-state index in [1.165, 1.54) is 10.9 Å². The van der Waals surface area contributed by atoms with Gasteiger partial charge in [0.1, 0.15) is 11.9 Å². The standard InChI is InChI=1S/C22H26F3N3O5/c1-12-18-17(33-20(12)21(29)26-8-13-3-2-4-31-13)7-16(22(23,24)25)15-10-28(27-19(15)18)9-14-11-30-5-6-32-14/h10,13-14,16H,2-9,11H2,1H3,(H,26,29)/t13-,14-,16+/m0/s1. The summed E-state index contributed by atoms with van der Waals surface area (Å²) in [7, 11) is 0. The molecule has 3 aliphatic rings. The second-order valence-electron chi connectivity index (χ2n) is 8.72. The third kappa shape index (κ3) is 4.41. The molecule has 4 heterocycles. The normalized spacial score (nSPS) is 25.0. The predicted molar refractivity (Wildman–Crippen MR) is 109 cm³/mol. The van der Waals surface area contributed by atoms with E-state index < -0.39 is 18.0 Å². The van der Waals surface area contributed by atoms with E-state index in [1.54, 1.807) is 6.92 Å². The number of fused-ring (bicyclic) bond motifs is 3. The summed E-state index contributed by atoms with van der Waals surface area (Å²) in [6.45, 7) is 4.24. The van der Waals surface area contributed by atoms with Crippen LogP contribution in [0.5, 0.6) is 0 Å². The van der Waals surface area contributed by atoms with Crippen molar-refractivity contribution in [3.8, 4) is 11.3 Å². The van der Waals surface area contributed by atoms with Gasteiger partial charge in [0.15, 0.2) is 5.76 Å². The molecule has 0 unspecified atom stereocenters. The van der Waals surface area contributed by atoms with E-state index in [1.807, 2.05) is 0 Å². The Morgan fingerprint density at radius 3 is 2.76 bits per heavy atom. The second-order valence-corrected chi connectivity index (χ2v) is 8.72. The van der Waals surface area contributed by atoms with Crippen LogP contribution < -0.4 is 5.32 Å². The minimum Gasteiger partial charge on any atom is -0.455 e. The zero-order chi connectivity index (χ0) is 23.2. The van der Waals surface area contributed by atoms with Crippen molar-refractivity contribution in [1.82, 2.24) is 15.1 Å². The van der Waals surface area contributed by atoms with Gasteiger partial charge in [-0.15, -0.1) is 0 Å². The van der Waals surface area contributed by atoms with Gasteiger partial charge < -0.3 is 23.9 Å². The van der Waals surface area contributed by atoms with Crippen molar-refractivity contribution in [2.24, 2.45) is 0 Å². The van der Waals surface area contributed by atoms with Crippen molar-refractivity contribution in [3.63, 3.8) is 0 Å². The van der Waals surface area contributed by atoms with E-state index in [0.717, 1.165) is 12.8 Å². The monoisotopic (exact) mass is 469 g/mol. The quantitative estimate of drug-likeness (QED) is 0.725. The summed E-state index contributed by atoms with van der Waals surface area (Å²) in [6, 6.07) is 0. The lowest BCUT2D eigenvalue weighted by molar-refractivity contribution is -0.151. The van der Waals surface area contributed by atoms with Crippen molar-refractivity contribution in [2.75, 3.05) is 33.0 Å². The van der Waals surface area contributed by atoms with Gasteiger partial charge in [-0.05, 0) is 19.8 Å². The van der Waals surface area contributed by atoms with Gasteiger partial charge in [-0.25, -0.2) is 0 Å². The van der Waals surface area contributed by atoms with Crippen molar-refractivity contribution in [2.45, 2.75) is 57.0 Å². The third-order valence-corrected chi connectivity index (χ3v) is 6.40. The van der Waals surface area contributed by atoms with E-state index in [2.05, 4.69) is 10.4 Å². The van der Waals surface area contributed by atoms with E-state index in [4.69, 9.17) is 18.6 Å². The van der Waals surface area contributed by atoms with E-state index >= 15 is 0 Å². The molecule has 2 aliphatic heterocycles. The number of amides is 1. The highest BCUT2D eigenvalue weighted by atomic mass is 19.4. The largest absolute Gasteiger partial charge is 0.455 e. The number of hydrogen-bond donors (Lipinski definition) is 1. The van der Waals surface area contributed by atoms with E-state index in [-0.39, 0.29) is 48.0 Å². The summed E-state index contributed by atoms with van der Waals surface area (Å²) in [4.78, 5) is 12.8. The van der Waals surface area contributed by atoms with Crippen LogP contribution in [0.3, 0.4) is 0 Å². The Kier molecular flexibility index (Phi) is 5.96. The zero-order valence-electron chi connectivity index (χ0n) is 18.2. The fourth-order valence-electron chi connectivity index (χ4n) is 4.75. The molecule has 180 valence electrons. The fourth-order valence-corrected chi connectivity index (χ4v) is 4.75. The highest BCUT2D eigenvalue weighted by Gasteiger charge is 2.48. The van der Waals surface area contributed by atoms with Crippen LogP contribution in [0.4, 0.5) is 13.2 Å². The smallest absolute Gasteiger partial charge is 0.396 e. The molecule has 8 nitrogen and oxygen atoms in total. The highest BCUT2D eigenvalue weighted by Crippen LogP contribution is 2.48. The molecule has 0 spiro atoms. The molecule has 2 aromatic heterocycles. The minimum atomic E-state index is -4.48. The molecular weight excluding hydrogens is 443 g/mol. The van der Waals surface area contributed by atoms with Gasteiger partial charge >= 0.3 is 6.18 Å². The van der Waals surface area contributed by atoms with Crippen LogP contribution in [-0.2, 0) is 27.2 Å². The molecular formula is C22H26F3N3O5. The Morgan fingerprint density at radius 2 is 2.06 bits per heavy atom. The lowest BCUT2D eigenvalue weighted by Gasteiger charge is -2.23. The maximum atomic E-state index is 13.9. The number of halogens is 3. The summed E-state index contributed by atoms with van der Waals surface area (Å²) in [5.41, 5.74) is 1.24. The van der Waals surface area contributed by atoms with Gasteiger partial charge in [-0.1, -0.05) is 0 Å². The summed E-state index contributed by atoms with van der Waals surface area (Å²) >= 11 is 0. The number of nitrogens with one attached hydrogen (secondary N) is 1. The predicted octanol–water partition coefficient (Wildman–Crippen LogP) is 2.98. The SMILES string of the molecule is Cc1c(C(=O)NC[C@@H]2CCCO2)oc2c1-c1nn(C[C@H]3COCCO3)cc1[C@H](C(F)(F)F)C2. The number of rotatable bonds is 5. The Morgan fingerprint density at radius 1 is 1.24 bits per heavy atom. The number of aromatic nitrogens is 2. The molecule has 2 aromatic rings. The molecule has 0 radical (unpaired) electrons. The Bertz CT molecular complexity index is 1020. The molecule has 2 saturated heterocycles. The van der Waals surface area contributed by atoms with Gasteiger partial charge in [-0.3, -0.25) is 9.48 Å². The van der Waals surface area contributed by atoms with Crippen LogP contribution in [-0.4, -0.2) is 67.0 Å². The van der Waals surface area contributed by atoms with Crippen molar-refractivity contribution in [3.05, 3.63) is 28.8 Å². The van der Waals surface area contributed by atoms with Crippen molar-refractivity contribution >= 4 is 5.91 Å². The molecule has 1 N–H and O–H groups in total. The first-order chi connectivity index (χ1) is 15.8. The number of carbonyl (C=O) groups excluding carboxylic acids is 1. The number of alkyl halides is 3. The maximum absolute atomic E-state index is 13.9. The van der Waals surface area contributed by atoms with Crippen LogP contribution in [0.1, 0.15) is 46.2 Å². The van der Waals surface area contributed by atoms with Crippen LogP contribution in [0.25, 0.3) is 11.3 Å². The fraction of sp³-hybridized carbons (Fsp3) is 0.636. The lowest BCUT2D eigenvalue weighted by atomic mass is 9.84. The molecule has 0 saturated carbocycles. The van der Waals surface area contributed by atoms with Gasteiger partial charge in [0, 0.05) is 42.5 Å². The number of ether oxygens (including phenoxy) is 3. The number of carbonyl (C=O) groups is 1. The molecule has 3 atom stereocenters. The summed E-state index contributed by atoms with van der Waals surface area (Å²) in [5, 5.41) is 7.24. The lowest BCUT2D eigenvalue weighted by Crippen LogP contribution is -2.32. The zero-order valence-corrected chi connectivity index (χ0v) is 18.2. The van der Waals surface area contributed by atoms with Gasteiger partial charge in [-0.2, -0.15) is 18.3 Å². The number of hydrogen-bond acceptors (Lipinski definition) is 6. The topological polar surface area (TPSA) is 87.8 Å². The molecule has 5 rings (SSSR count). The highest BCUT2D eigenvalue weighted by molar-refractivity contribution is 5.95. The molecule has 33 heavy (non-hydrogen) atoms. The molecule has 11 heteroatoms. The second kappa shape index (κ2) is 8.77. The molecule has 1 aliphatic carbocycles. The molecule has 2 fully saturated rings. The minimum absolute atomic E-state index is 0.0188. The maximum Gasteiger partial charge on any atom is 0.396 e. The molecule has 1 amide bonds. The number of nitrogens with zero attached hydrogens (tertiary/aromatic N) is 2. The summed E-state index contributed by atoms with van der Waals surface area (Å²) in [6.07, 6.45) is -1.96. The van der Waals surface area contributed by atoms with Crippen LogP contribution in [0.15, 0.2) is 10.6 Å². The Hall–Kier alpha value is -2.37. The third-order valence-electron chi connectivity index (χ3n) is 6.40. The first-order valence-corrected chi connectivity index (χ1v) is 11.2. The Labute approximate surface area is 188 Å². The van der Waals surface area contributed by atoms with E-state index in [9.17, 15) is 18.0 Å². The van der Waals surface area contributed by atoms with Gasteiger partial charge in [0.2, 0.25) is 0 Å². The van der Waals surface area contributed by atoms with Crippen molar-refractivity contribution < 1.29 is 36.6 Å². The first-order valence-electron chi connectivity index (χ1n) is 11.2. The van der Waals surface area contributed by atoms with E-state index in [0.29, 0.717) is 44.1 Å². The molecule has 0 bridgehead atoms. The average molecular weight is 469 g/mol. The molecule has 0 aromatic carbocycles. The van der Waals surface area contributed by atoms with Crippen LogP contribution >= 0.6 is 0 Å². The van der Waals surface area contributed by atoms with Crippen LogP contribution in [0, 0.1) is 6.92 Å². The van der Waals surface area contributed by atoms with Gasteiger partial charge in [0.25, 0.3) is 5.91 Å². The summed E-state index contributed by atoms with van der Waals surface area (Å²) in [5.74, 6) is -2.07. The average Bonchev–Trinajstić information content (AvgIpc) is 3.50. The Balaban J connectivity index is 1.44. The first kappa shape index (κ1) is 22.4.